The number of hydrogen-bond acceptors (Lipinski definition) is 6. The van der Waals surface area contributed by atoms with E-state index in [1.807, 2.05) is 16.8 Å². The van der Waals surface area contributed by atoms with Crippen molar-refractivity contribution in [1.29, 1.82) is 0 Å². The van der Waals surface area contributed by atoms with E-state index < -0.39 is 0 Å². The molecule has 2 N–H and O–H groups in total. The monoisotopic (exact) mass is 320 g/mol. The van der Waals surface area contributed by atoms with Crippen LogP contribution in [0.3, 0.4) is 0 Å². The number of aromatic nitrogens is 2. The molecule has 1 fully saturated rings. The van der Waals surface area contributed by atoms with E-state index in [1.54, 1.807) is 11.3 Å². The highest BCUT2D eigenvalue weighted by atomic mass is 32.1. The molecule has 8 heteroatoms. The second-order valence-corrected chi connectivity index (χ2v) is 5.92. The third-order valence-electron chi connectivity index (χ3n) is 3.20. The third kappa shape index (κ3) is 4.14. The number of aryl methyl sites for hydroxylation is 1. The normalized spacial score (nSPS) is 13.8. The van der Waals surface area contributed by atoms with Crippen LogP contribution in [0.15, 0.2) is 21.3 Å². The molecule has 1 aliphatic rings. The summed E-state index contributed by atoms with van der Waals surface area (Å²) in [7, 11) is 0. The summed E-state index contributed by atoms with van der Waals surface area (Å²) in [6, 6.07) is 2.21. The van der Waals surface area contributed by atoms with Gasteiger partial charge in [-0.3, -0.25) is 9.59 Å². The van der Waals surface area contributed by atoms with E-state index in [1.165, 1.54) is 0 Å². The molecule has 0 bridgehead atoms. The van der Waals surface area contributed by atoms with Gasteiger partial charge in [-0.1, -0.05) is 5.16 Å². The van der Waals surface area contributed by atoms with Crippen molar-refractivity contribution in [1.82, 2.24) is 20.8 Å². The van der Waals surface area contributed by atoms with Gasteiger partial charge in [0.05, 0.1) is 6.54 Å². The fourth-order valence-electron chi connectivity index (χ4n) is 1.86. The van der Waals surface area contributed by atoms with Crippen LogP contribution in [0.4, 0.5) is 0 Å². The zero-order chi connectivity index (χ0) is 15.4. The number of nitrogens with zero attached hydrogens (tertiary/aromatic N) is 2. The van der Waals surface area contributed by atoms with Crippen molar-refractivity contribution in [2.75, 3.05) is 6.54 Å². The molecule has 2 heterocycles. The van der Waals surface area contributed by atoms with Crippen molar-refractivity contribution in [2.45, 2.75) is 31.7 Å². The molecule has 7 nitrogen and oxygen atoms in total. The zero-order valence-corrected chi connectivity index (χ0v) is 12.7. The molecule has 1 saturated carbocycles. The fraction of sp³-hybridized carbons (Fsp3) is 0.429. The van der Waals surface area contributed by atoms with Crippen LogP contribution in [0.1, 0.15) is 25.2 Å². The Morgan fingerprint density at radius 2 is 2.23 bits per heavy atom. The van der Waals surface area contributed by atoms with E-state index in [4.69, 9.17) is 4.52 Å². The first-order valence-corrected chi connectivity index (χ1v) is 8.06. The Balaban J connectivity index is 1.40. The smallest absolute Gasteiger partial charge is 0.239 e. The minimum absolute atomic E-state index is 0.0132. The van der Waals surface area contributed by atoms with Crippen LogP contribution >= 0.6 is 11.3 Å². The maximum absolute atomic E-state index is 11.7. The molecule has 0 spiro atoms. The number of nitrogens with one attached hydrogen (secondary N) is 2. The molecule has 1 aliphatic carbocycles. The third-order valence-corrected chi connectivity index (χ3v) is 3.89. The molecule has 3 rings (SSSR count). The van der Waals surface area contributed by atoms with Crippen LogP contribution in [0.5, 0.6) is 0 Å². The Morgan fingerprint density at radius 3 is 2.95 bits per heavy atom. The average molecular weight is 320 g/mol. The number of hydrogen-bond donors (Lipinski definition) is 2. The molecule has 0 radical (unpaired) electrons. The number of rotatable bonds is 7. The summed E-state index contributed by atoms with van der Waals surface area (Å²) in [6.45, 7) is 0.0132. The van der Waals surface area contributed by atoms with E-state index in [-0.39, 0.29) is 24.8 Å². The van der Waals surface area contributed by atoms with Crippen molar-refractivity contribution >= 4 is 23.2 Å². The molecule has 2 aromatic rings. The second kappa shape index (κ2) is 6.69. The molecular formula is C14H16N4O3S. The lowest BCUT2D eigenvalue weighted by molar-refractivity contribution is -0.126. The van der Waals surface area contributed by atoms with Gasteiger partial charge in [-0.05, 0) is 24.3 Å². The molecule has 0 aromatic carbocycles. The van der Waals surface area contributed by atoms with Gasteiger partial charge in [0.1, 0.15) is 0 Å². The summed E-state index contributed by atoms with van der Waals surface area (Å²) in [5.74, 6) is 0.592. The SMILES string of the molecule is O=C(CCc1nc(-c2ccsc2)no1)NCC(=O)NC1CC1. The van der Waals surface area contributed by atoms with Crippen LogP contribution in [-0.2, 0) is 16.0 Å². The van der Waals surface area contributed by atoms with Gasteiger partial charge in [0.15, 0.2) is 0 Å². The van der Waals surface area contributed by atoms with Crippen molar-refractivity contribution in [3.8, 4) is 11.4 Å². The fourth-order valence-corrected chi connectivity index (χ4v) is 2.49. The molecular weight excluding hydrogens is 304 g/mol. The van der Waals surface area contributed by atoms with Crippen LogP contribution < -0.4 is 10.6 Å². The lowest BCUT2D eigenvalue weighted by Crippen LogP contribution is -2.37. The summed E-state index contributed by atoms with van der Waals surface area (Å²) in [4.78, 5) is 27.4. The standard InChI is InChI=1S/C14H16N4O3S/c19-11(15-7-12(20)16-10-1-2-10)3-4-13-17-14(18-21-13)9-5-6-22-8-9/h5-6,8,10H,1-4,7H2,(H,15,19)(H,16,20). The van der Waals surface area contributed by atoms with E-state index >= 15 is 0 Å². The number of amides is 2. The molecule has 2 amide bonds. The maximum Gasteiger partial charge on any atom is 0.239 e. The Hall–Kier alpha value is -2.22. The van der Waals surface area contributed by atoms with Crippen molar-refractivity contribution < 1.29 is 14.1 Å². The van der Waals surface area contributed by atoms with Gasteiger partial charge in [0, 0.05) is 29.8 Å². The van der Waals surface area contributed by atoms with Crippen LogP contribution in [0.25, 0.3) is 11.4 Å². The summed E-state index contributed by atoms with van der Waals surface area (Å²) in [5, 5.41) is 13.1. The predicted molar refractivity (Wildman–Crippen MR) is 80.1 cm³/mol. The summed E-state index contributed by atoms with van der Waals surface area (Å²) >= 11 is 1.56. The summed E-state index contributed by atoms with van der Waals surface area (Å²) in [6.07, 6.45) is 2.63. The maximum atomic E-state index is 11.7. The minimum Gasteiger partial charge on any atom is -0.352 e. The highest BCUT2D eigenvalue weighted by Crippen LogP contribution is 2.19. The molecule has 116 valence electrons. The first-order chi connectivity index (χ1) is 10.7. The number of carbonyl (C=O) groups is 2. The van der Waals surface area contributed by atoms with E-state index in [0.717, 1.165) is 18.4 Å². The lowest BCUT2D eigenvalue weighted by Gasteiger charge is -2.04. The van der Waals surface area contributed by atoms with Gasteiger partial charge in [0.2, 0.25) is 23.5 Å². The molecule has 2 aromatic heterocycles. The van der Waals surface area contributed by atoms with Crippen molar-refractivity contribution in [2.24, 2.45) is 0 Å². The zero-order valence-electron chi connectivity index (χ0n) is 11.9. The second-order valence-electron chi connectivity index (χ2n) is 5.14. The van der Waals surface area contributed by atoms with E-state index in [2.05, 4.69) is 20.8 Å². The van der Waals surface area contributed by atoms with Crippen molar-refractivity contribution in [3.05, 3.63) is 22.7 Å². The van der Waals surface area contributed by atoms with Crippen LogP contribution in [0.2, 0.25) is 0 Å². The number of thiophene rings is 1. The highest BCUT2D eigenvalue weighted by molar-refractivity contribution is 7.08. The Kier molecular flexibility index (Phi) is 4.47. The molecule has 0 saturated heterocycles. The Labute approximate surface area is 131 Å². The Morgan fingerprint density at radius 1 is 1.36 bits per heavy atom. The molecule has 0 unspecified atom stereocenters. The first-order valence-electron chi connectivity index (χ1n) is 7.12. The van der Waals surface area contributed by atoms with Crippen molar-refractivity contribution in [3.63, 3.8) is 0 Å². The van der Waals surface area contributed by atoms with Gasteiger partial charge in [-0.25, -0.2) is 0 Å². The number of carbonyl (C=O) groups excluding carboxylic acids is 2. The van der Waals surface area contributed by atoms with Gasteiger partial charge in [-0.2, -0.15) is 16.3 Å². The quantitative estimate of drug-likeness (QED) is 0.797. The molecule has 0 atom stereocenters. The van der Waals surface area contributed by atoms with Gasteiger partial charge < -0.3 is 15.2 Å². The molecule has 0 aliphatic heterocycles. The topological polar surface area (TPSA) is 97.1 Å². The van der Waals surface area contributed by atoms with Gasteiger partial charge in [-0.15, -0.1) is 0 Å². The van der Waals surface area contributed by atoms with Crippen LogP contribution in [0, 0.1) is 0 Å². The molecule has 22 heavy (non-hydrogen) atoms. The summed E-state index contributed by atoms with van der Waals surface area (Å²) < 4.78 is 5.11. The lowest BCUT2D eigenvalue weighted by atomic mass is 10.3. The predicted octanol–water partition coefficient (Wildman–Crippen LogP) is 1.13. The highest BCUT2D eigenvalue weighted by Gasteiger charge is 2.23. The minimum atomic E-state index is -0.207. The average Bonchev–Trinajstić information content (AvgIpc) is 3.00. The van der Waals surface area contributed by atoms with Gasteiger partial charge in [0.25, 0.3) is 0 Å². The first kappa shape index (κ1) is 14.7. The van der Waals surface area contributed by atoms with E-state index in [0.29, 0.717) is 24.2 Å². The van der Waals surface area contributed by atoms with Gasteiger partial charge >= 0.3 is 0 Å². The van der Waals surface area contributed by atoms with Crippen LogP contribution in [-0.4, -0.2) is 34.5 Å². The van der Waals surface area contributed by atoms with E-state index in [9.17, 15) is 9.59 Å². The Bertz CT molecular complexity index is 649. The largest absolute Gasteiger partial charge is 0.352 e. The summed E-state index contributed by atoms with van der Waals surface area (Å²) in [5.41, 5.74) is 0.904.